The molecule has 2 rings (SSSR count). The first-order chi connectivity index (χ1) is 11.4. The van der Waals surface area contributed by atoms with Crippen molar-refractivity contribution < 1.29 is 0 Å². The molecule has 1 aliphatic carbocycles. The Balaban J connectivity index is 2.45. The molecule has 0 saturated carbocycles. The lowest BCUT2D eigenvalue weighted by molar-refractivity contribution is 0.363. The number of allylic oxidation sites excluding steroid dienone is 2. The molecule has 1 unspecified atom stereocenters. The molecule has 1 atom stereocenters. The molecule has 0 spiro atoms. The molecule has 0 radical (unpaired) electrons. The second-order valence-corrected chi connectivity index (χ2v) is 7.84. The van der Waals surface area contributed by atoms with Gasteiger partial charge in [-0.1, -0.05) is 31.2 Å². The van der Waals surface area contributed by atoms with E-state index in [0.717, 1.165) is 19.3 Å². The Morgan fingerprint density at radius 2 is 1.71 bits per heavy atom. The van der Waals surface area contributed by atoms with Crippen molar-refractivity contribution >= 4 is 12.2 Å². The Labute approximate surface area is 148 Å². The fourth-order valence-corrected chi connectivity index (χ4v) is 4.60. The molecular formula is C24H34. The standard InChI is InChI=1S/C24H34/c1-8-10-12-14-17(3)22-18(4)19(5)23-21(20(22)6)16-24(23,7)15-13-11-9-2/h8-9H,1-2,4,10-16H2,3,5-7H3/b22-17+. The fourth-order valence-electron chi connectivity index (χ4n) is 4.60. The SMILES string of the molecule is C=CCCC/C(C)=c1/c(C)c2c(c(C)c1=C)C(C)(CCCC=C)C2. The van der Waals surface area contributed by atoms with E-state index in [9.17, 15) is 0 Å². The van der Waals surface area contributed by atoms with Crippen molar-refractivity contribution in [3.8, 4) is 0 Å². The predicted octanol–water partition coefficient (Wildman–Crippen LogP) is 5.41. The third-order valence-corrected chi connectivity index (χ3v) is 5.95. The van der Waals surface area contributed by atoms with Gasteiger partial charge in [-0.15, -0.1) is 13.2 Å². The van der Waals surface area contributed by atoms with E-state index in [1.54, 1.807) is 11.1 Å². The maximum atomic E-state index is 4.47. The molecule has 130 valence electrons. The zero-order valence-corrected chi connectivity index (χ0v) is 16.2. The molecule has 0 bridgehead atoms. The molecule has 24 heavy (non-hydrogen) atoms. The lowest BCUT2D eigenvalue weighted by Crippen LogP contribution is -2.45. The highest BCUT2D eigenvalue weighted by Gasteiger charge is 2.40. The predicted molar refractivity (Wildman–Crippen MR) is 109 cm³/mol. The van der Waals surface area contributed by atoms with Crippen LogP contribution in [0.15, 0.2) is 25.3 Å². The molecule has 0 nitrogen and oxygen atoms in total. The smallest absolute Gasteiger partial charge is 0.00289 e. The first kappa shape index (κ1) is 18.8. The Morgan fingerprint density at radius 3 is 2.33 bits per heavy atom. The Kier molecular flexibility index (Phi) is 5.91. The van der Waals surface area contributed by atoms with Gasteiger partial charge >= 0.3 is 0 Å². The van der Waals surface area contributed by atoms with Crippen molar-refractivity contribution in [2.75, 3.05) is 0 Å². The van der Waals surface area contributed by atoms with Gasteiger partial charge in [-0.3, -0.25) is 0 Å². The summed E-state index contributed by atoms with van der Waals surface area (Å²) in [7, 11) is 0. The molecule has 0 fully saturated rings. The van der Waals surface area contributed by atoms with Crippen molar-refractivity contribution in [1.29, 1.82) is 0 Å². The summed E-state index contributed by atoms with van der Waals surface area (Å²) in [5.41, 5.74) is 7.94. The summed E-state index contributed by atoms with van der Waals surface area (Å²) in [6, 6.07) is 0. The number of benzene rings is 1. The Hall–Kier alpha value is -1.56. The van der Waals surface area contributed by atoms with Crippen LogP contribution in [0.4, 0.5) is 0 Å². The summed E-state index contributed by atoms with van der Waals surface area (Å²) in [5, 5.41) is 2.69. The van der Waals surface area contributed by atoms with Crippen LogP contribution in [0.25, 0.3) is 12.2 Å². The van der Waals surface area contributed by atoms with Gasteiger partial charge in [0.1, 0.15) is 0 Å². The van der Waals surface area contributed by atoms with Crippen molar-refractivity contribution in [3.05, 3.63) is 58.0 Å². The molecule has 1 aliphatic rings. The fraction of sp³-hybridized carbons (Fsp3) is 0.500. The minimum absolute atomic E-state index is 0.342. The van der Waals surface area contributed by atoms with Crippen molar-refractivity contribution in [3.63, 3.8) is 0 Å². The van der Waals surface area contributed by atoms with Crippen LogP contribution in [0.3, 0.4) is 0 Å². The molecule has 0 heteroatoms. The van der Waals surface area contributed by atoms with Gasteiger partial charge < -0.3 is 0 Å². The summed E-state index contributed by atoms with van der Waals surface area (Å²) in [6.07, 6.45) is 12.3. The summed E-state index contributed by atoms with van der Waals surface area (Å²) in [6.45, 7) is 21.5. The van der Waals surface area contributed by atoms with Gasteiger partial charge in [-0.2, -0.15) is 0 Å². The second kappa shape index (κ2) is 7.55. The van der Waals surface area contributed by atoms with Crippen LogP contribution in [-0.4, -0.2) is 0 Å². The zero-order chi connectivity index (χ0) is 17.9. The molecule has 0 amide bonds. The van der Waals surface area contributed by atoms with Gasteiger partial charge in [0, 0.05) is 0 Å². The minimum atomic E-state index is 0.342. The van der Waals surface area contributed by atoms with Crippen molar-refractivity contribution in [1.82, 2.24) is 0 Å². The van der Waals surface area contributed by atoms with E-state index in [-0.39, 0.29) is 0 Å². The third kappa shape index (κ3) is 3.29. The first-order valence-electron chi connectivity index (χ1n) is 9.40. The molecule has 0 heterocycles. The molecule has 1 aromatic carbocycles. The summed E-state index contributed by atoms with van der Waals surface area (Å²) < 4.78 is 0. The topological polar surface area (TPSA) is 0 Å². The lowest BCUT2D eigenvalue weighted by atomic mass is 9.59. The normalized spacial score (nSPS) is 20.2. The highest BCUT2D eigenvalue weighted by atomic mass is 14.4. The second-order valence-electron chi connectivity index (χ2n) is 7.84. The van der Waals surface area contributed by atoms with E-state index in [2.05, 4.69) is 47.4 Å². The van der Waals surface area contributed by atoms with E-state index in [1.807, 2.05) is 12.2 Å². The summed E-state index contributed by atoms with van der Waals surface area (Å²) in [5.74, 6) is 0. The van der Waals surface area contributed by atoms with Crippen LogP contribution in [-0.2, 0) is 11.8 Å². The molecule has 1 aromatic rings. The maximum absolute atomic E-state index is 4.47. The van der Waals surface area contributed by atoms with E-state index in [4.69, 9.17) is 0 Å². The van der Waals surface area contributed by atoms with Gasteiger partial charge in [-0.25, -0.2) is 0 Å². The summed E-state index contributed by atoms with van der Waals surface area (Å²) >= 11 is 0. The number of hydrogen-bond donors (Lipinski definition) is 0. The number of fused-ring (bicyclic) bond motifs is 1. The van der Waals surface area contributed by atoms with Gasteiger partial charge in [0.2, 0.25) is 0 Å². The largest absolute Gasteiger partial charge is 0.103 e. The number of hydrogen-bond acceptors (Lipinski definition) is 0. The molecule has 0 aromatic heterocycles. The van der Waals surface area contributed by atoms with Crippen LogP contribution in [0.1, 0.15) is 74.6 Å². The highest BCUT2D eigenvalue weighted by Crippen LogP contribution is 2.46. The van der Waals surface area contributed by atoms with Gasteiger partial charge in [-0.05, 0) is 104 Å². The molecule has 0 aliphatic heterocycles. The molecule has 0 saturated heterocycles. The Morgan fingerprint density at radius 1 is 1.08 bits per heavy atom. The maximum Gasteiger partial charge on any atom is -0.00289 e. The Bertz CT molecular complexity index is 747. The molecule has 0 N–H and O–H groups in total. The minimum Gasteiger partial charge on any atom is -0.103 e. The van der Waals surface area contributed by atoms with Gasteiger partial charge in [0.05, 0.1) is 0 Å². The van der Waals surface area contributed by atoms with E-state index in [1.165, 1.54) is 52.8 Å². The lowest BCUT2D eigenvalue weighted by Gasteiger charge is -2.44. The van der Waals surface area contributed by atoms with Crippen LogP contribution >= 0.6 is 0 Å². The van der Waals surface area contributed by atoms with Crippen LogP contribution in [0, 0.1) is 13.8 Å². The van der Waals surface area contributed by atoms with Crippen molar-refractivity contribution in [2.45, 2.75) is 78.1 Å². The highest BCUT2D eigenvalue weighted by molar-refractivity contribution is 5.58. The first-order valence-corrected chi connectivity index (χ1v) is 9.40. The monoisotopic (exact) mass is 322 g/mol. The quantitative estimate of drug-likeness (QED) is 0.443. The molecular weight excluding hydrogens is 288 g/mol. The van der Waals surface area contributed by atoms with E-state index in [0.29, 0.717) is 5.41 Å². The average molecular weight is 323 g/mol. The number of rotatable bonds is 8. The van der Waals surface area contributed by atoms with Crippen LogP contribution in [0.5, 0.6) is 0 Å². The number of unbranched alkanes of at least 4 members (excludes halogenated alkanes) is 2. The van der Waals surface area contributed by atoms with Gasteiger partial charge in [0.25, 0.3) is 0 Å². The summed E-state index contributed by atoms with van der Waals surface area (Å²) in [4.78, 5) is 0. The van der Waals surface area contributed by atoms with Crippen LogP contribution < -0.4 is 10.4 Å². The zero-order valence-electron chi connectivity index (χ0n) is 16.2. The third-order valence-electron chi connectivity index (χ3n) is 5.95. The average Bonchev–Trinajstić information content (AvgIpc) is 2.52. The van der Waals surface area contributed by atoms with E-state index >= 15 is 0 Å². The van der Waals surface area contributed by atoms with E-state index < -0.39 is 0 Å². The van der Waals surface area contributed by atoms with Crippen LogP contribution in [0.2, 0.25) is 0 Å². The van der Waals surface area contributed by atoms with Crippen molar-refractivity contribution in [2.24, 2.45) is 0 Å². The van der Waals surface area contributed by atoms with Gasteiger partial charge in [0.15, 0.2) is 0 Å².